The Hall–Kier alpha value is -2.37. The fraction of sp³-hybridized carbons (Fsp3) is 0.261. The van der Waals surface area contributed by atoms with E-state index in [1.165, 1.54) is 21.7 Å². The lowest BCUT2D eigenvalue weighted by Crippen LogP contribution is -2.47. The van der Waals surface area contributed by atoms with Crippen molar-refractivity contribution < 1.29 is 13.2 Å². The maximum Gasteiger partial charge on any atom is 0.253 e. The first-order valence-electron chi connectivity index (χ1n) is 10.7. The third kappa shape index (κ3) is 4.48. The van der Waals surface area contributed by atoms with Crippen LogP contribution in [0.5, 0.6) is 0 Å². The average Bonchev–Trinajstić information content (AvgIpc) is 3.57. The molecule has 3 aromatic heterocycles. The van der Waals surface area contributed by atoms with Gasteiger partial charge in [0.1, 0.15) is 10.3 Å². The molecule has 0 N–H and O–H groups in total. The Labute approximate surface area is 210 Å². The zero-order valence-electron chi connectivity index (χ0n) is 18.2. The molecule has 1 unspecified atom stereocenters. The van der Waals surface area contributed by atoms with Gasteiger partial charge < -0.3 is 0 Å². The van der Waals surface area contributed by atoms with Crippen LogP contribution in [-0.2, 0) is 21.4 Å². The second kappa shape index (κ2) is 9.35. The van der Waals surface area contributed by atoms with Gasteiger partial charge in [-0.1, -0.05) is 35.1 Å². The number of anilines is 1. The molecular formula is C23H21ClN4O3S3. The minimum atomic E-state index is -3.84. The highest BCUT2D eigenvalue weighted by Crippen LogP contribution is 2.35. The molecular weight excluding hydrogens is 512 g/mol. The first-order chi connectivity index (χ1) is 16.3. The summed E-state index contributed by atoms with van der Waals surface area (Å²) in [5.74, 6) is -0.301. The molecule has 0 radical (unpaired) electrons. The normalized spacial score (nSPS) is 16.8. The van der Waals surface area contributed by atoms with Crippen LogP contribution >= 0.6 is 34.3 Å². The van der Waals surface area contributed by atoms with E-state index < -0.39 is 16.1 Å². The molecule has 34 heavy (non-hydrogen) atoms. The van der Waals surface area contributed by atoms with Crippen molar-refractivity contribution in [2.24, 2.45) is 0 Å². The second-order valence-electron chi connectivity index (χ2n) is 8.05. The molecule has 4 heterocycles. The molecule has 1 amide bonds. The van der Waals surface area contributed by atoms with E-state index in [1.807, 2.05) is 43.3 Å². The van der Waals surface area contributed by atoms with E-state index in [9.17, 15) is 13.2 Å². The van der Waals surface area contributed by atoms with Crippen LogP contribution in [0.1, 0.15) is 24.1 Å². The summed E-state index contributed by atoms with van der Waals surface area (Å²) in [5.41, 5.74) is 2.60. The summed E-state index contributed by atoms with van der Waals surface area (Å²) in [4.78, 5) is 24.6. The molecule has 0 aliphatic carbocycles. The number of nitrogens with zero attached hydrogens (tertiary/aromatic N) is 4. The van der Waals surface area contributed by atoms with Gasteiger partial charge in [-0.15, -0.1) is 11.3 Å². The van der Waals surface area contributed by atoms with Crippen molar-refractivity contribution in [3.8, 4) is 0 Å². The number of pyridine rings is 1. The summed E-state index contributed by atoms with van der Waals surface area (Å²) >= 11 is 8.40. The lowest BCUT2D eigenvalue weighted by molar-refractivity contribution is -0.121. The number of halogens is 1. The van der Waals surface area contributed by atoms with Gasteiger partial charge in [-0.25, -0.2) is 13.4 Å². The number of rotatable bonds is 6. The van der Waals surface area contributed by atoms with E-state index in [4.69, 9.17) is 16.6 Å². The number of thiazole rings is 1. The summed E-state index contributed by atoms with van der Waals surface area (Å²) in [6.45, 7) is 2.49. The Kier molecular flexibility index (Phi) is 6.43. The number of benzene rings is 1. The Morgan fingerprint density at radius 2 is 2.06 bits per heavy atom. The molecule has 1 fully saturated rings. The summed E-state index contributed by atoms with van der Waals surface area (Å²) in [7, 11) is -3.84. The molecule has 0 spiro atoms. The summed E-state index contributed by atoms with van der Waals surface area (Å²) in [6, 6.07) is 13.7. The van der Waals surface area contributed by atoms with Crippen molar-refractivity contribution in [1.82, 2.24) is 14.3 Å². The highest BCUT2D eigenvalue weighted by Gasteiger charge is 2.42. The number of thiophene rings is 1. The van der Waals surface area contributed by atoms with E-state index in [1.54, 1.807) is 17.2 Å². The molecule has 1 aromatic carbocycles. The van der Waals surface area contributed by atoms with Gasteiger partial charge in [-0.2, -0.15) is 4.31 Å². The summed E-state index contributed by atoms with van der Waals surface area (Å²) in [5, 5.41) is 0.527. The molecule has 1 aliphatic heterocycles. The topological polar surface area (TPSA) is 83.5 Å². The van der Waals surface area contributed by atoms with Crippen LogP contribution < -0.4 is 4.90 Å². The Bertz CT molecular complexity index is 1450. The van der Waals surface area contributed by atoms with Crippen molar-refractivity contribution in [2.45, 2.75) is 36.6 Å². The molecule has 1 aliphatic rings. The van der Waals surface area contributed by atoms with Crippen LogP contribution in [-0.4, -0.2) is 41.2 Å². The van der Waals surface area contributed by atoms with Crippen molar-refractivity contribution >= 4 is 65.6 Å². The van der Waals surface area contributed by atoms with Crippen molar-refractivity contribution in [2.75, 3.05) is 11.4 Å². The van der Waals surface area contributed by atoms with E-state index in [-0.39, 0.29) is 23.2 Å². The maximum atomic E-state index is 13.9. The number of fused-ring (bicyclic) bond motifs is 1. The fourth-order valence-electron chi connectivity index (χ4n) is 4.04. The van der Waals surface area contributed by atoms with Gasteiger partial charge in [0.25, 0.3) is 10.0 Å². The van der Waals surface area contributed by atoms with Crippen LogP contribution in [0.3, 0.4) is 0 Å². The summed E-state index contributed by atoms with van der Waals surface area (Å²) in [6.07, 6.45) is 2.72. The minimum absolute atomic E-state index is 0.143. The first-order valence-corrected chi connectivity index (χ1v) is 14.1. The molecule has 0 bridgehead atoms. The number of hydrogen-bond donors (Lipinski definition) is 0. The van der Waals surface area contributed by atoms with E-state index >= 15 is 0 Å². The van der Waals surface area contributed by atoms with Gasteiger partial charge in [-0.05, 0) is 61.7 Å². The van der Waals surface area contributed by atoms with Crippen LogP contribution in [0.25, 0.3) is 10.2 Å². The van der Waals surface area contributed by atoms with Crippen LogP contribution in [0.15, 0.2) is 58.9 Å². The van der Waals surface area contributed by atoms with Crippen molar-refractivity contribution in [1.29, 1.82) is 0 Å². The average molecular weight is 533 g/mol. The third-order valence-electron chi connectivity index (χ3n) is 5.68. The highest BCUT2D eigenvalue weighted by atomic mass is 35.5. The monoisotopic (exact) mass is 532 g/mol. The number of sulfonamides is 1. The highest BCUT2D eigenvalue weighted by molar-refractivity contribution is 7.91. The molecule has 0 saturated carbocycles. The minimum Gasteiger partial charge on any atom is -0.281 e. The van der Waals surface area contributed by atoms with Gasteiger partial charge in [0.15, 0.2) is 5.13 Å². The quantitative estimate of drug-likeness (QED) is 0.345. The van der Waals surface area contributed by atoms with E-state index in [0.29, 0.717) is 28.0 Å². The predicted octanol–water partition coefficient (Wildman–Crippen LogP) is 5.10. The fourth-order valence-corrected chi connectivity index (χ4v) is 8.37. The molecule has 1 atom stereocenters. The van der Waals surface area contributed by atoms with E-state index in [2.05, 4.69) is 4.98 Å². The number of amides is 1. The third-order valence-corrected chi connectivity index (χ3v) is 10.3. The van der Waals surface area contributed by atoms with Gasteiger partial charge in [0, 0.05) is 12.7 Å². The Balaban J connectivity index is 1.52. The van der Waals surface area contributed by atoms with Crippen LogP contribution in [0, 0.1) is 6.92 Å². The van der Waals surface area contributed by atoms with Crippen LogP contribution in [0.2, 0.25) is 4.34 Å². The Morgan fingerprint density at radius 1 is 1.21 bits per heavy atom. The van der Waals surface area contributed by atoms with Crippen molar-refractivity contribution in [3.05, 3.63) is 70.3 Å². The zero-order chi connectivity index (χ0) is 23.9. The lowest BCUT2D eigenvalue weighted by Gasteiger charge is -2.28. The number of aromatic nitrogens is 2. The summed E-state index contributed by atoms with van der Waals surface area (Å²) < 4.78 is 29.5. The molecule has 5 rings (SSSR count). The molecule has 11 heteroatoms. The Morgan fingerprint density at radius 3 is 2.79 bits per heavy atom. The van der Waals surface area contributed by atoms with Gasteiger partial charge in [0.05, 0.1) is 26.8 Å². The molecule has 1 saturated heterocycles. The standard InChI is InChI=1S/C23H21ClN4O3S3/c1-15-7-8-17-19(13-15)32-23(26-17)27(14-16-5-2-3-11-25-16)22(29)18-6-4-12-28(18)34(30,31)21-10-9-20(24)33-21/h2-3,5,7-11,13,18H,4,6,12,14H2,1H3. The first kappa shape index (κ1) is 23.4. The SMILES string of the molecule is Cc1ccc2nc(N(Cc3ccccn3)C(=O)C3CCCN3S(=O)(=O)c3ccc(Cl)s3)sc2c1. The van der Waals surface area contributed by atoms with Gasteiger partial charge >= 0.3 is 0 Å². The number of hydrogen-bond acceptors (Lipinski definition) is 7. The predicted molar refractivity (Wildman–Crippen MR) is 136 cm³/mol. The molecule has 4 aromatic rings. The van der Waals surface area contributed by atoms with E-state index in [0.717, 1.165) is 27.1 Å². The van der Waals surface area contributed by atoms with Gasteiger partial charge in [-0.3, -0.25) is 14.7 Å². The van der Waals surface area contributed by atoms with Crippen LogP contribution in [0.4, 0.5) is 5.13 Å². The van der Waals surface area contributed by atoms with Crippen molar-refractivity contribution in [3.63, 3.8) is 0 Å². The zero-order valence-corrected chi connectivity index (χ0v) is 21.4. The number of carbonyl (C=O) groups is 1. The van der Waals surface area contributed by atoms with Gasteiger partial charge in [0.2, 0.25) is 5.91 Å². The smallest absolute Gasteiger partial charge is 0.253 e. The maximum absolute atomic E-state index is 13.9. The lowest BCUT2D eigenvalue weighted by atomic mass is 10.2. The number of aryl methyl sites for hydroxylation is 1. The molecule has 7 nitrogen and oxygen atoms in total. The second-order valence-corrected chi connectivity index (χ2v) is 12.9. The largest absolute Gasteiger partial charge is 0.281 e. The number of carbonyl (C=O) groups excluding carboxylic acids is 1. The molecule has 176 valence electrons.